The monoisotopic (exact) mass is 333 g/mol. The average molecular weight is 334 g/mol. The van der Waals surface area contributed by atoms with Crippen molar-refractivity contribution >= 4 is 29.0 Å². The van der Waals surface area contributed by atoms with Gasteiger partial charge in [-0.15, -0.1) is 0 Å². The van der Waals surface area contributed by atoms with Gasteiger partial charge in [0.1, 0.15) is 17.8 Å². The number of benzene rings is 1. The van der Waals surface area contributed by atoms with E-state index in [2.05, 4.69) is 25.5 Å². The molecule has 2 rings (SSSR count). The number of amides is 1. The van der Waals surface area contributed by atoms with Gasteiger partial charge in [0.2, 0.25) is 0 Å². The van der Waals surface area contributed by atoms with E-state index >= 15 is 0 Å². The lowest BCUT2D eigenvalue weighted by atomic mass is 10.3. The molecule has 0 aliphatic carbocycles. The van der Waals surface area contributed by atoms with Crippen LogP contribution in [0.1, 0.15) is 16.9 Å². The minimum Gasteiger partial charge on any atom is -0.351 e. The number of para-hydroxylation sites is 1. The van der Waals surface area contributed by atoms with Crippen LogP contribution >= 0.6 is 11.6 Å². The van der Waals surface area contributed by atoms with E-state index in [1.165, 1.54) is 6.33 Å². The van der Waals surface area contributed by atoms with Crippen molar-refractivity contribution < 1.29 is 4.79 Å². The van der Waals surface area contributed by atoms with Crippen LogP contribution in [0, 0.1) is 0 Å². The minimum absolute atomic E-state index is 0.214. The predicted molar refractivity (Wildman–Crippen MR) is 92.3 cm³/mol. The van der Waals surface area contributed by atoms with Crippen molar-refractivity contribution in [1.29, 1.82) is 0 Å². The van der Waals surface area contributed by atoms with Crippen LogP contribution in [0.5, 0.6) is 0 Å². The van der Waals surface area contributed by atoms with Crippen molar-refractivity contribution in [3.63, 3.8) is 0 Å². The molecule has 0 fully saturated rings. The summed E-state index contributed by atoms with van der Waals surface area (Å²) >= 11 is 6.10. The fourth-order valence-corrected chi connectivity index (χ4v) is 2.12. The number of carbonyl (C=O) groups is 1. The third-order valence-corrected chi connectivity index (χ3v) is 3.43. The second kappa shape index (κ2) is 8.45. The Morgan fingerprint density at radius 2 is 2.04 bits per heavy atom. The zero-order valence-corrected chi connectivity index (χ0v) is 14.0. The van der Waals surface area contributed by atoms with E-state index in [0.717, 1.165) is 18.7 Å². The number of halogens is 1. The molecule has 0 saturated heterocycles. The summed E-state index contributed by atoms with van der Waals surface area (Å²) in [5, 5.41) is 6.51. The van der Waals surface area contributed by atoms with Gasteiger partial charge in [-0.25, -0.2) is 9.97 Å². The molecule has 0 unspecified atom stereocenters. The first-order chi connectivity index (χ1) is 11.1. The van der Waals surface area contributed by atoms with Gasteiger partial charge in [0, 0.05) is 12.6 Å². The van der Waals surface area contributed by atoms with Crippen LogP contribution in [0.25, 0.3) is 0 Å². The highest BCUT2D eigenvalue weighted by Gasteiger charge is 2.09. The molecule has 6 nitrogen and oxygen atoms in total. The number of aromatic nitrogens is 2. The van der Waals surface area contributed by atoms with Crippen LogP contribution in [-0.4, -0.2) is 48.0 Å². The summed E-state index contributed by atoms with van der Waals surface area (Å²) in [5.41, 5.74) is 1.05. The van der Waals surface area contributed by atoms with Gasteiger partial charge in [-0.2, -0.15) is 0 Å². The maximum absolute atomic E-state index is 12.1. The third kappa shape index (κ3) is 5.50. The molecule has 0 atom stereocenters. The average Bonchev–Trinajstić information content (AvgIpc) is 2.54. The molecule has 1 aromatic heterocycles. The first kappa shape index (κ1) is 17.2. The number of nitrogens with one attached hydrogen (secondary N) is 2. The van der Waals surface area contributed by atoms with Crippen molar-refractivity contribution in [3.8, 4) is 0 Å². The van der Waals surface area contributed by atoms with Crippen LogP contribution in [0.4, 0.5) is 11.5 Å². The molecule has 0 aliphatic rings. The summed E-state index contributed by atoms with van der Waals surface area (Å²) in [4.78, 5) is 22.3. The SMILES string of the molecule is CN(C)CCCNC(=O)c1cc(Nc2ccccc2Cl)ncn1. The highest BCUT2D eigenvalue weighted by atomic mass is 35.5. The molecule has 0 spiro atoms. The molecule has 23 heavy (non-hydrogen) atoms. The van der Waals surface area contributed by atoms with Crippen molar-refractivity contribution in [1.82, 2.24) is 20.2 Å². The Hall–Kier alpha value is -2.18. The van der Waals surface area contributed by atoms with Gasteiger partial charge in [-0.3, -0.25) is 4.79 Å². The topological polar surface area (TPSA) is 70.2 Å². The van der Waals surface area contributed by atoms with Gasteiger partial charge in [0.15, 0.2) is 0 Å². The van der Waals surface area contributed by atoms with Crippen molar-refractivity contribution in [2.75, 3.05) is 32.5 Å². The van der Waals surface area contributed by atoms with Crippen molar-refractivity contribution in [2.45, 2.75) is 6.42 Å². The molecule has 2 aromatic rings. The zero-order chi connectivity index (χ0) is 16.7. The van der Waals surface area contributed by atoms with E-state index in [1.54, 1.807) is 12.1 Å². The maximum atomic E-state index is 12.1. The molecule has 1 amide bonds. The number of hydrogen-bond donors (Lipinski definition) is 2. The van der Waals surface area contributed by atoms with Gasteiger partial charge in [0.05, 0.1) is 10.7 Å². The first-order valence-electron chi connectivity index (χ1n) is 7.33. The molecule has 2 N–H and O–H groups in total. The summed E-state index contributed by atoms with van der Waals surface area (Å²) in [6, 6.07) is 8.94. The van der Waals surface area contributed by atoms with Gasteiger partial charge in [-0.05, 0) is 39.2 Å². The lowest BCUT2D eigenvalue weighted by Crippen LogP contribution is -2.27. The smallest absolute Gasteiger partial charge is 0.270 e. The predicted octanol–water partition coefficient (Wildman–Crippen LogP) is 2.56. The van der Waals surface area contributed by atoms with Gasteiger partial charge >= 0.3 is 0 Å². The molecule has 122 valence electrons. The second-order valence-electron chi connectivity index (χ2n) is 5.31. The fraction of sp³-hybridized carbons (Fsp3) is 0.312. The van der Waals surface area contributed by atoms with Crippen LogP contribution in [-0.2, 0) is 0 Å². The number of carbonyl (C=O) groups excluding carboxylic acids is 1. The Kier molecular flexibility index (Phi) is 6.31. The normalized spacial score (nSPS) is 10.6. The van der Waals surface area contributed by atoms with Crippen molar-refractivity contribution in [3.05, 3.63) is 47.4 Å². The first-order valence-corrected chi connectivity index (χ1v) is 7.70. The molecule has 0 bridgehead atoms. The number of rotatable bonds is 7. The molecule has 0 aliphatic heterocycles. The third-order valence-electron chi connectivity index (χ3n) is 3.10. The van der Waals surface area contributed by atoms with E-state index in [-0.39, 0.29) is 5.91 Å². The standard InChI is InChI=1S/C16H20ClN5O/c1-22(2)9-5-8-18-16(23)14-10-15(20-11-19-14)21-13-7-4-3-6-12(13)17/h3-4,6-7,10-11H,5,8-9H2,1-2H3,(H,18,23)(H,19,20,21). The highest BCUT2D eigenvalue weighted by molar-refractivity contribution is 6.33. The Labute approximate surface area is 140 Å². The summed E-state index contributed by atoms with van der Waals surface area (Å²) < 4.78 is 0. The Balaban J connectivity index is 1.96. The van der Waals surface area contributed by atoms with E-state index in [9.17, 15) is 4.79 Å². The van der Waals surface area contributed by atoms with Gasteiger partial charge in [0.25, 0.3) is 5.91 Å². The summed E-state index contributed by atoms with van der Waals surface area (Å²) in [7, 11) is 4.00. The minimum atomic E-state index is -0.214. The molecular weight excluding hydrogens is 314 g/mol. The maximum Gasteiger partial charge on any atom is 0.270 e. The molecule has 1 heterocycles. The van der Waals surface area contributed by atoms with E-state index < -0.39 is 0 Å². The van der Waals surface area contributed by atoms with Crippen LogP contribution in [0.3, 0.4) is 0 Å². The van der Waals surface area contributed by atoms with Gasteiger partial charge in [-0.1, -0.05) is 23.7 Å². The molecule has 1 aromatic carbocycles. The number of hydrogen-bond acceptors (Lipinski definition) is 5. The summed E-state index contributed by atoms with van der Waals surface area (Å²) in [6.45, 7) is 1.53. The van der Waals surface area contributed by atoms with Gasteiger partial charge < -0.3 is 15.5 Å². The lowest BCUT2D eigenvalue weighted by Gasteiger charge is -2.10. The Bertz CT molecular complexity index is 662. The Morgan fingerprint density at radius 3 is 2.78 bits per heavy atom. The number of nitrogens with zero attached hydrogens (tertiary/aromatic N) is 3. The molecule has 0 saturated carbocycles. The number of anilines is 2. The lowest BCUT2D eigenvalue weighted by molar-refractivity contribution is 0.0947. The summed E-state index contributed by atoms with van der Waals surface area (Å²) in [6.07, 6.45) is 2.24. The van der Waals surface area contributed by atoms with E-state index in [4.69, 9.17) is 11.6 Å². The summed E-state index contributed by atoms with van der Waals surface area (Å²) in [5.74, 6) is 0.305. The second-order valence-corrected chi connectivity index (χ2v) is 5.71. The van der Waals surface area contributed by atoms with Crippen LogP contribution in [0.15, 0.2) is 36.7 Å². The largest absolute Gasteiger partial charge is 0.351 e. The van der Waals surface area contributed by atoms with Crippen LogP contribution in [0.2, 0.25) is 5.02 Å². The van der Waals surface area contributed by atoms with Crippen LogP contribution < -0.4 is 10.6 Å². The molecule has 0 radical (unpaired) electrons. The Morgan fingerprint density at radius 1 is 1.26 bits per heavy atom. The fourth-order valence-electron chi connectivity index (χ4n) is 1.94. The quantitative estimate of drug-likeness (QED) is 0.762. The van der Waals surface area contributed by atoms with E-state index in [1.807, 2.05) is 32.3 Å². The van der Waals surface area contributed by atoms with E-state index in [0.29, 0.717) is 23.1 Å². The molecular formula is C16H20ClN5O. The highest BCUT2D eigenvalue weighted by Crippen LogP contribution is 2.23. The van der Waals surface area contributed by atoms with Crippen molar-refractivity contribution in [2.24, 2.45) is 0 Å². The molecule has 7 heteroatoms. The zero-order valence-electron chi connectivity index (χ0n) is 13.2.